The average Bonchev–Trinajstić information content (AvgIpc) is 2.56. The molecule has 0 radical (unpaired) electrons. The van der Waals surface area contributed by atoms with Crippen LogP contribution in [0.15, 0.2) is 67.3 Å². The van der Waals surface area contributed by atoms with Crippen LogP contribution in [0, 0.1) is 0 Å². The van der Waals surface area contributed by atoms with E-state index < -0.39 is 5.97 Å². The Hall–Kier alpha value is -3.01. The summed E-state index contributed by atoms with van der Waals surface area (Å²) >= 11 is 0. The molecule has 0 aliphatic rings. The summed E-state index contributed by atoms with van der Waals surface area (Å²) in [6.07, 6.45) is 6.92. The van der Waals surface area contributed by atoms with Crippen LogP contribution in [0.2, 0.25) is 0 Å². The number of aromatic nitrogens is 2. The first-order chi connectivity index (χ1) is 10.8. The predicted molar refractivity (Wildman–Crippen MR) is 84.2 cm³/mol. The second kappa shape index (κ2) is 6.18. The first-order valence-corrected chi connectivity index (χ1v) is 6.90. The monoisotopic (exact) mass is 290 g/mol. The zero-order chi connectivity index (χ0) is 15.4. The number of nitrogens with zero attached hydrogens (tertiary/aromatic N) is 2. The second-order valence-corrected chi connectivity index (χ2v) is 4.89. The van der Waals surface area contributed by atoms with Crippen molar-refractivity contribution >= 4 is 5.97 Å². The summed E-state index contributed by atoms with van der Waals surface area (Å²) in [5.41, 5.74) is 4.47. The number of carbonyl (C=O) groups is 1. The second-order valence-electron chi connectivity index (χ2n) is 4.89. The molecule has 3 aromatic rings. The van der Waals surface area contributed by atoms with Gasteiger partial charge < -0.3 is 5.11 Å². The van der Waals surface area contributed by atoms with E-state index in [4.69, 9.17) is 0 Å². The van der Waals surface area contributed by atoms with Gasteiger partial charge in [0.05, 0.1) is 6.42 Å². The van der Waals surface area contributed by atoms with Crippen LogP contribution in [0.1, 0.15) is 5.56 Å². The Bertz CT molecular complexity index is 787. The van der Waals surface area contributed by atoms with Gasteiger partial charge in [0.2, 0.25) is 0 Å². The highest BCUT2D eigenvalue weighted by Crippen LogP contribution is 2.34. The Balaban J connectivity index is 2.24. The zero-order valence-electron chi connectivity index (χ0n) is 11.8. The third-order valence-electron chi connectivity index (χ3n) is 3.42. The minimum Gasteiger partial charge on any atom is -0.481 e. The normalized spacial score (nSPS) is 10.4. The lowest BCUT2D eigenvalue weighted by Crippen LogP contribution is -2.03. The van der Waals surface area contributed by atoms with Gasteiger partial charge in [-0.05, 0) is 28.8 Å². The summed E-state index contributed by atoms with van der Waals surface area (Å²) in [4.78, 5) is 19.5. The summed E-state index contributed by atoms with van der Waals surface area (Å²) < 4.78 is 0. The minimum absolute atomic E-state index is 0.0294. The molecule has 0 fully saturated rings. The SMILES string of the molecule is O=C(O)Cc1cccc(-c2cccnc2)c1-c1cccnc1. The quantitative estimate of drug-likeness (QED) is 0.799. The van der Waals surface area contributed by atoms with Crippen molar-refractivity contribution in [1.82, 2.24) is 9.97 Å². The third-order valence-corrected chi connectivity index (χ3v) is 3.42. The van der Waals surface area contributed by atoms with Crippen molar-refractivity contribution < 1.29 is 9.90 Å². The number of benzene rings is 1. The van der Waals surface area contributed by atoms with E-state index >= 15 is 0 Å². The smallest absolute Gasteiger partial charge is 0.307 e. The summed E-state index contributed by atoms with van der Waals surface area (Å²) in [6.45, 7) is 0. The van der Waals surface area contributed by atoms with E-state index in [0.717, 1.165) is 27.8 Å². The maximum atomic E-state index is 11.2. The fraction of sp³-hybridized carbons (Fsp3) is 0.0556. The van der Waals surface area contributed by atoms with Gasteiger partial charge in [0.25, 0.3) is 0 Å². The largest absolute Gasteiger partial charge is 0.481 e. The highest BCUT2D eigenvalue weighted by atomic mass is 16.4. The van der Waals surface area contributed by atoms with Crippen molar-refractivity contribution in [2.24, 2.45) is 0 Å². The zero-order valence-corrected chi connectivity index (χ0v) is 11.8. The van der Waals surface area contributed by atoms with Crippen LogP contribution in [-0.2, 0) is 11.2 Å². The molecule has 0 saturated heterocycles. The Morgan fingerprint density at radius 3 is 2.18 bits per heavy atom. The number of carboxylic acid groups (broad SMARTS) is 1. The van der Waals surface area contributed by atoms with Crippen LogP contribution in [0.5, 0.6) is 0 Å². The Labute approximate surface area is 128 Å². The Kier molecular flexibility index (Phi) is 3.92. The van der Waals surface area contributed by atoms with Crippen molar-refractivity contribution in [3.05, 3.63) is 72.8 Å². The lowest BCUT2D eigenvalue weighted by Gasteiger charge is -2.14. The molecule has 0 saturated carbocycles. The molecule has 22 heavy (non-hydrogen) atoms. The van der Waals surface area contributed by atoms with Gasteiger partial charge in [-0.3, -0.25) is 14.8 Å². The number of pyridine rings is 2. The molecule has 1 N–H and O–H groups in total. The summed E-state index contributed by atoms with van der Waals surface area (Å²) in [5.74, 6) is -0.853. The van der Waals surface area contributed by atoms with Gasteiger partial charge in [-0.2, -0.15) is 0 Å². The van der Waals surface area contributed by atoms with E-state index in [9.17, 15) is 9.90 Å². The van der Waals surface area contributed by atoms with Gasteiger partial charge in [0.1, 0.15) is 0 Å². The fourth-order valence-corrected chi connectivity index (χ4v) is 2.52. The van der Waals surface area contributed by atoms with Gasteiger partial charge in [0.15, 0.2) is 0 Å². The summed E-state index contributed by atoms with van der Waals surface area (Å²) in [7, 11) is 0. The van der Waals surface area contributed by atoms with Crippen molar-refractivity contribution in [2.45, 2.75) is 6.42 Å². The minimum atomic E-state index is -0.853. The first kappa shape index (κ1) is 13.9. The van der Waals surface area contributed by atoms with Crippen LogP contribution in [0.4, 0.5) is 0 Å². The van der Waals surface area contributed by atoms with E-state index in [0.29, 0.717) is 0 Å². The van der Waals surface area contributed by atoms with E-state index in [2.05, 4.69) is 9.97 Å². The molecule has 0 atom stereocenters. The first-order valence-electron chi connectivity index (χ1n) is 6.90. The van der Waals surface area contributed by atoms with Crippen LogP contribution in [-0.4, -0.2) is 21.0 Å². The van der Waals surface area contributed by atoms with E-state index in [-0.39, 0.29) is 6.42 Å². The molecule has 0 aliphatic heterocycles. The molecule has 0 bridgehead atoms. The molecule has 1 aromatic carbocycles. The lowest BCUT2D eigenvalue weighted by atomic mass is 9.90. The van der Waals surface area contributed by atoms with Gasteiger partial charge in [-0.1, -0.05) is 30.3 Å². The van der Waals surface area contributed by atoms with Gasteiger partial charge in [-0.15, -0.1) is 0 Å². The average molecular weight is 290 g/mol. The summed E-state index contributed by atoms with van der Waals surface area (Å²) in [6, 6.07) is 13.3. The molecular weight excluding hydrogens is 276 g/mol. The van der Waals surface area contributed by atoms with E-state index in [1.54, 1.807) is 24.8 Å². The number of hydrogen-bond acceptors (Lipinski definition) is 3. The molecule has 4 heteroatoms. The molecule has 108 valence electrons. The highest BCUT2D eigenvalue weighted by molar-refractivity contribution is 5.87. The van der Waals surface area contributed by atoms with Crippen molar-refractivity contribution in [3.8, 4) is 22.3 Å². The standard InChI is InChI=1S/C18H14N2O2/c21-17(22)10-13-4-1-7-16(14-5-2-8-19-11-14)18(13)15-6-3-9-20-12-15/h1-9,11-12H,10H2,(H,21,22). The van der Waals surface area contributed by atoms with Crippen LogP contribution < -0.4 is 0 Å². The highest BCUT2D eigenvalue weighted by Gasteiger charge is 2.14. The third kappa shape index (κ3) is 2.86. The number of aliphatic carboxylic acids is 1. The van der Waals surface area contributed by atoms with Crippen molar-refractivity contribution in [2.75, 3.05) is 0 Å². The molecule has 2 heterocycles. The molecule has 0 aliphatic carbocycles. The molecule has 0 amide bonds. The van der Waals surface area contributed by atoms with Crippen molar-refractivity contribution in [1.29, 1.82) is 0 Å². The van der Waals surface area contributed by atoms with Crippen LogP contribution in [0.25, 0.3) is 22.3 Å². The van der Waals surface area contributed by atoms with E-state index in [1.807, 2.05) is 42.5 Å². The Morgan fingerprint density at radius 2 is 1.59 bits per heavy atom. The van der Waals surface area contributed by atoms with Crippen LogP contribution >= 0.6 is 0 Å². The maximum absolute atomic E-state index is 11.2. The summed E-state index contributed by atoms with van der Waals surface area (Å²) in [5, 5.41) is 9.17. The van der Waals surface area contributed by atoms with E-state index in [1.165, 1.54) is 0 Å². The molecule has 0 unspecified atom stereocenters. The lowest BCUT2D eigenvalue weighted by molar-refractivity contribution is -0.136. The van der Waals surface area contributed by atoms with Gasteiger partial charge in [0, 0.05) is 35.9 Å². The molecule has 2 aromatic heterocycles. The molecule has 0 spiro atoms. The number of rotatable bonds is 4. The molecule has 4 nitrogen and oxygen atoms in total. The van der Waals surface area contributed by atoms with Gasteiger partial charge >= 0.3 is 5.97 Å². The predicted octanol–water partition coefficient (Wildman–Crippen LogP) is 3.44. The topological polar surface area (TPSA) is 63.1 Å². The molecular formula is C18H14N2O2. The fourth-order valence-electron chi connectivity index (χ4n) is 2.52. The van der Waals surface area contributed by atoms with Crippen LogP contribution in [0.3, 0.4) is 0 Å². The maximum Gasteiger partial charge on any atom is 0.307 e. The van der Waals surface area contributed by atoms with Gasteiger partial charge in [-0.25, -0.2) is 0 Å². The molecule has 3 rings (SSSR count). The number of carboxylic acids is 1. The Morgan fingerprint density at radius 1 is 0.909 bits per heavy atom. The van der Waals surface area contributed by atoms with Crippen molar-refractivity contribution in [3.63, 3.8) is 0 Å². The number of hydrogen-bond donors (Lipinski definition) is 1.